The first-order chi connectivity index (χ1) is 13.2. The van der Waals surface area contributed by atoms with Crippen LogP contribution in [0, 0.1) is 0 Å². The minimum absolute atomic E-state index is 0.232. The summed E-state index contributed by atoms with van der Waals surface area (Å²) in [6.07, 6.45) is 7.41. The summed E-state index contributed by atoms with van der Waals surface area (Å²) < 4.78 is 0. The third-order valence-corrected chi connectivity index (χ3v) is 4.53. The van der Waals surface area contributed by atoms with Crippen molar-refractivity contribution in [3.8, 4) is 11.5 Å². The van der Waals surface area contributed by atoms with Crippen LogP contribution in [0.3, 0.4) is 0 Å². The summed E-state index contributed by atoms with van der Waals surface area (Å²) >= 11 is 1.66. The van der Waals surface area contributed by atoms with Crippen LogP contribution in [0.1, 0.15) is 28.5 Å². The summed E-state index contributed by atoms with van der Waals surface area (Å²) in [4.78, 5) is 40.1. The average Bonchev–Trinajstić information content (AvgIpc) is 2.71. The molecule has 3 heterocycles. The summed E-state index contributed by atoms with van der Waals surface area (Å²) in [6, 6.07) is 9.71. The number of carbonyl (C=O) groups excluding carboxylic acids is 1. The maximum Gasteiger partial charge on any atom is 0.251 e. The first-order valence-corrected chi connectivity index (χ1v) is 9.79. The summed E-state index contributed by atoms with van der Waals surface area (Å²) in [5.41, 5.74) is 1.30. The number of hydrogen-bond acceptors (Lipinski definition) is 6. The van der Waals surface area contributed by atoms with Crippen molar-refractivity contribution in [2.75, 3.05) is 12.0 Å². The Morgan fingerprint density at radius 3 is 2.74 bits per heavy atom. The van der Waals surface area contributed by atoms with Crippen LogP contribution in [0.15, 0.2) is 59.8 Å². The van der Waals surface area contributed by atoms with Gasteiger partial charge in [-0.05, 0) is 42.7 Å². The van der Waals surface area contributed by atoms with Gasteiger partial charge in [0.1, 0.15) is 5.69 Å². The van der Waals surface area contributed by atoms with Crippen LogP contribution in [-0.4, -0.2) is 37.9 Å². The van der Waals surface area contributed by atoms with E-state index >= 15 is 0 Å². The molecule has 0 radical (unpaired) electrons. The molecular formula is C19H19N5O2S. The Balaban J connectivity index is 1.91. The normalized spacial score (nSPS) is 11.7. The second-order valence-corrected chi connectivity index (χ2v) is 6.76. The fraction of sp³-hybridized carbons (Fsp3) is 0.211. The number of nitrogens with zero attached hydrogens (tertiary/aromatic N) is 3. The Hall–Kier alpha value is -3.00. The lowest BCUT2D eigenvalue weighted by molar-refractivity contribution is 0.0935. The molecule has 7 nitrogen and oxygen atoms in total. The number of hydrogen-bond donors (Lipinski definition) is 2. The fourth-order valence-electron chi connectivity index (χ4n) is 2.55. The van der Waals surface area contributed by atoms with E-state index in [4.69, 9.17) is 0 Å². The molecule has 3 rings (SSSR count). The molecule has 0 bridgehead atoms. The number of thioether (sulfide) groups is 1. The van der Waals surface area contributed by atoms with Gasteiger partial charge in [-0.2, -0.15) is 11.8 Å². The predicted molar refractivity (Wildman–Crippen MR) is 106 cm³/mol. The molecule has 1 atom stereocenters. The highest BCUT2D eigenvalue weighted by atomic mass is 32.2. The zero-order valence-electron chi connectivity index (χ0n) is 14.8. The molecule has 0 saturated heterocycles. The van der Waals surface area contributed by atoms with Crippen molar-refractivity contribution < 1.29 is 4.79 Å². The van der Waals surface area contributed by atoms with Gasteiger partial charge in [-0.3, -0.25) is 19.6 Å². The van der Waals surface area contributed by atoms with Crippen molar-refractivity contribution >= 4 is 17.7 Å². The summed E-state index contributed by atoms with van der Waals surface area (Å²) in [6.45, 7) is 0. The second-order valence-electron chi connectivity index (χ2n) is 5.78. The quantitative estimate of drug-likeness (QED) is 0.652. The van der Waals surface area contributed by atoms with Gasteiger partial charge in [0.2, 0.25) is 0 Å². The maximum absolute atomic E-state index is 12.6. The minimum Gasteiger partial charge on any atom is -0.344 e. The predicted octanol–water partition coefficient (Wildman–Crippen LogP) is 2.45. The Labute approximate surface area is 160 Å². The van der Waals surface area contributed by atoms with Gasteiger partial charge in [0.15, 0.2) is 5.82 Å². The van der Waals surface area contributed by atoms with Crippen LogP contribution in [0.5, 0.6) is 0 Å². The van der Waals surface area contributed by atoms with E-state index in [1.165, 1.54) is 6.07 Å². The molecule has 0 unspecified atom stereocenters. The Morgan fingerprint density at radius 1 is 1.22 bits per heavy atom. The van der Waals surface area contributed by atoms with E-state index in [-0.39, 0.29) is 17.5 Å². The van der Waals surface area contributed by atoms with E-state index < -0.39 is 0 Å². The molecule has 138 valence electrons. The Morgan fingerprint density at radius 2 is 2.04 bits per heavy atom. The molecule has 3 aromatic rings. The summed E-state index contributed by atoms with van der Waals surface area (Å²) in [7, 11) is 0. The number of H-pyrrole nitrogens is 1. The molecule has 0 aliphatic rings. The monoisotopic (exact) mass is 381 g/mol. The van der Waals surface area contributed by atoms with E-state index in [2.05, 4.69) is 25.3 Å². The van der Waals surface area contributed by atoms with Gasteiger partial charge in [-0.1, -0.05) is 6.07 Å². The SMILES string of the molecule is CSCC[C@H](NC(=O)c1ccncc1)c1cc(=O)[nH]c(-c2ccccn2)n1. The van der Waals surface area contributed by atoms with Crippen LogP contribution in [-0.2, 0) is 0 Å². The number of pyridine rings is 2. The van der Waals surface area contributed by atoms with Crippen molar-refractivity contribution in [1.29, 1.82) is 0 Å². The molecule has 3 aromatic heterocycles. The van der Waals surface area contributed by atoms with E-state index in [1.807, 2.05) is 12.3 Å². The van der Waals surface area contributed by atoms with E-state index in [1.54, 1.807) is 54.6 Å². The molecule has 0 saturated carbocycles. The molecule has 0 aromatic carbocycles. The zero-order valence-corrected chi connectivity index (χ0v) is 15.6. The molecule has 0 fully saturated rings. The van der Waals surface area contributed by atoms with Crippen molar-refractivity contribution in [3.05, 3.63) is 76.6 Å². The molecule has 0 aliphatic carbocycles. The van der Waals surface area contributed by atoms with Gasteiger partial charge in [0.05, 0.1) is 11.7 Å². The lowest BCUT2D eigenvalue weighted by atomic mass is 10.1. The lowest BCUT2D eigenvalue weighted by Crippen LogP contribution is -2.30. The van der Waals surface area contributed by atoms with Gasteiger partial charge in [0.25, 0.3) is 11.5 Å². The van der Waals surface area contributed by atoms with Crippen LogP contribution in [0.25, 0.3) is 11.5 Å². The van der Waals surface area contributed by atoms with Crippen molar-refractivity contribution in [2.24, 2.45) is 0 Å². The van der Waals surface area contributed by atoms with Gasteiger partial charge in [0, 0.05) is 30.2 Å². The number of amides is 1. The lowest BCUT2D eigenvalue weighted by Gasteiger charge is -2.18. The average molecular weight is 381 g/mol. The van der Waals surface area contributed by atoms with Gasteiger partial charge in [-0.25, -0.2) is 4.98 Å². The Kier molecular flexibility index (Phi) is 6.32. The minimum atomic E-state index is -0.386. The zero-order chi connectivity index (χ0) is 19.1. The summed E-state index contributed by atoms with van der Waals surface area (Å²) in [5, 5.41) is 2.97. The highest BCUT2D eigenvalue weighted by Gasteiger charge is 2.19. The molecular weight excluding hydrogens is 362 g/mol. The highest BCUT2D eigenvalue weighted by molar-refractivity contribution is 7.98. The smallest absolute Gasteiger partial charge is 0.251 e. The number of rotatable bonds is 7. The first-order valence-electron chi connectivity index (χ1n) is 8.40. The number of carbonyl (C=O) groups is 1. The maximum atomic E-state index is 12.6. The van der Waals surface area contributed by atoms with E-state index in [0.717, 1.165) is 5.75 Å². The number of aromatic amines is 1. The third kappa shape index (κ3) is 5.01. The van der Waals surface area contributed by atoms with Crippen LogP contribution < -0.4 is 10.9 Å². The fourth-order valence-corrected chi connectivity index (χ4v) is 3.03. The van der Waals surface area contributed by atoms with Gasteiger partial charge >= 0.3 is 0 Å². The molecule has 2 N–H and O–H groups in total. The van der Waals surface area contributed by atoms with Crippen molar-refractivity contribution in [2.45, 2.75) is 12.5 Å². The first kappa shape index (κ1) is 18.8. The number of aromatic nitrogens is 4. The topological polar surface area (TPSA) is 101 Å². The van der Waals surface area contributed by atoms with Crippen LogP contribution >= 0.6 is 11.8 Å². The van der Waals surface area contributed by atoms with Crippen LogP contribution in [0.4, 0.5) is 0 Å². The standard InChI is InChI=1S/C19H19N5O2S/c1-27-11-7-14(23-19(26)13-5-9-20-10-6-13)16-12-17(25)24-18(22-16)15-4-2-3-8-21-15/h2-6,8-10,12,14H,7,11H2,1H3,(H,23,26)(H,22,24,25)/t14-/m0/s1. The number of nitrogens with one attached hydrogen (secondary N) is 2. The van der Waals surface area contributed by atoms with E-state index in [0.29, 0.717) is 29.2 Å². The van der Waals surface area contributed by atoms with E-state index in [9.17, 15) is 9.59 Å². The molecule has 0 aliphatic heterocycles. The molecule has 8 heteroatoms. The second kappa shape index (κ2) is 9.09. The molecule has 1 amide bonds. The third-order valence-electron chi connectivity index (χ3n) is 3.88. The van der Waals surface area contributed by atoms with Crippen molar-refractivity contribution in [3.63, 3.8) is 0 Å². The Bertz CT molecular complexity index is 947. The van der Waals surface area contributed by atoms with Gasteiger partial charge < -0.3 is 10.3 Å². The molecule has 27 heavy (non-hydrogen) atoms. The van der Waals surface area contributed by atoms with Crippen molar-refractivity contribution in [1.82, 2.24) is 25.3 Å². The van der Waals surface area contributed by atoms with Gasteiger partial charge in [-0.15, -0.1) is 0 Å². The van der Waals surface area contributed by atoms with Crippen LogP contribution in [0.2, 0.25) is 0 Å². The highest BCUT2D eigenvalue weighted by Crippen LogP contribution is 2.19. The summed E-state index contributed by atoms with van der Waals surface area (Å²) in [5.74, 6) is 0.963. The largest absolute Gasteiger partial charge is 0.344 e. The molecule has 0 spiro atoms.